The van der Waals surface area contributed by atoms with Crippen molar-refractivity contribution in [3.05, 3.63) is 59.5 Å². The number of furan rings is 1. The van der Waals surface area contributed by atoms with Crippen molar-refractivity contribution in [2.24, 2.45) is 10.9 Å². The normalized spacial score (nSPS) is 20.4. The van der Waals surface area contributed by atoms with Crippen LogP contribution < -0.4 is 5.32 Å². The summed E-state index contributed by atoms with van der Waals surface area (Å²) in [6.07, 6.45) is 4.21. The number of hydrogen-bond donors (Lipinski definition) is 1. The van der Waals surface area contributed by atoms with E-state index >= 15 is 0 Å². The third kappa shape index (κ3) is 5.71. The summed E-state index contributed by atoms with van der Waals surface area (Å²) >= 11 is 0. The summed E-state index contributed by atoms with van der Waals surface area (Å²) < 4.78 is 5.24. The molecule has 32 heavy (non-hydrogen) atoms. The summed E-state index contributed by atoms with van der Waals surface area (Å²) in [5, 5.41) is 3.48. The lowest BCUT2D eigenvalue weighted by molar-refractivity contribution is 0.0657. The van der Waals surface area contributed by atoms with E-state index in [1.165, 1.54) is 43.3 Å². The molecule has 2 aromatic rings. The molecule has 0 aliphatic carbocycles. The second kappa shape index (κ2) is 10.7. The molecule has 4 rings (SSSR count). The van der Waals surface area contributed by atoms with Gasteiger partial charge in [-0.3, -0.25) is 14.7 Å². The van der Waals surface area contributed by atoms with Crippen LogP contribution >= 0.6 is 0 Å². The average molecular weight is 438 g/mol. The first-order valence-corrected chi connectivity index (χ1v) is 11.7. The molecule has 2 fully saturated rings. The molecule has 1 aromatic carbocycles. The van der Waals surface area contributed by atoms with Crippen LogP contribution in [0, 0.1) is 5.92 Å². The van der Waals surface area contributed by atoms with Gasteiger partial charge in [-0.15, -0.1) is 0 Å². The molecule has 7 heteroatoms. The van der Waals surface area contributed by atoms with Crippen molar-refractivity contribution in [1.29, 1.82) is 0 Å². The van der Waals surface area contributed by atoms with E-state index in [2.05, 4.69) is 51.3 Å². The number of nitrogens with one attached hydrogen (secondary N) is 1. The Kier molecular flexibility index (Phi) is 7.47. The summed E-state index contributed by atoms with van der Waals surface area (Å²) in [5.41, 5.74) is 2.62. The number of nitrogens with zero attached hydrogens (tertiary/aromatic N) is 4. The monoisotopic (exact) mass is 437 g/mol. The van der Waals surface area contributed by atoms with Gasteiger partial charge in [0.2, 0.25) is 0 Å². The van der Waals surface area contributed by atoms with E-state index in [0.29, 0.717) is 18.8 Å². The van der Waals surface area contributed by atoms with Gasteiger partial charge in [-0.1, -0.05) is 31.2 Å². The van der Waals surface area contributed by atoms with Gasteiger partial charge in [0.15, 0.2) is 11.7 Å². The number of carbonyl (C=O) groups is 1. The summed E-state index contributed by atoms with van der Waals surface area (Å²) in [6.45, 7) is 9.36. The fourth-order valence-corrected chi connectivity index (χ4v) is 4.64. The standard InChI is InChI=1S/C25H35N5O2/c1-20-5-3-11-28(18-20)19-22-9-7-21(8-10-22)17-27-25(26-2)30-14-12-29(13-15-30)24(31)23-6-4-16-32-23/h4,6-10,16,20H,3,5,11-15,17-19H2,1-2H3,(H,26,27). The van der Waals surface area contributed by atoms with Gasteiger partial charge in [0.05, 0.1) is 6.26 Å². The van der Waals surface area contributed by atoms with Crippen molar-refractivity contribution < 1.29 is 9.21 Å². The second-order valence-corrected chi connectivity index (χ2v) is 8.96. The first-order chi connectivity index (χ1) is 15.6. The number of hydrogen-bond acceptors (Lipinski definition) is 4. The van der Waals surface area contributed by atoms with Crippen molar-refractivity contribution in [1.82, 2.24) is 20.0 Å². The highest BCUT2D eigenvalue weighted by Crippen LogP contribution is 2.18. The van der Waals surface area contributed by atoms with Gasteiger partial charge >= 0.3 is 0 Å². The molecule has 1 aromatic heterocycles. The number of aliphatic imine (C=N–C) groups is 1. The lowest BCUT2D eigenvalue weighted by atomic mass is 9.99. The van der Waals surface area contributed by atoms with Gasteiger partial charge in [-0.05, 0) is 48.6 Å². The number of carbonyl (C=O) groups excluding carboxylic acids is 1. The van der Waals surface area contributed by atoms with E-state index in [1.54, 1.807) is 12.1 Å². The van der Waals surface area contributed by atoms with Gasteiger partial charge in [-0.25, -0.2) is 0 Å². The molecule has 0 spiro atoms. The van der Waals surface area contributed by atoms with Crippen molar-refractivity contribution >= 4 is 11.9 Å². The molecule has 1 unspecified atom stereocenters. The van der Waals surface area contributed by atoms with E-state index in [1.807, 2.05) is 11.9 Å². The summed E-state index contributed by atoms with van der Waals surface area (Å²) in [7, 11) is 1.81. The van der Waals surface area contributed by atoms with Crippen LogP contribution in [-0.2, 0) is 13.1 Å². The van der Waals surface area contributed by atoms with E-state index in [0.717, 1.165) is 38.1 Å². The Balaban J connectivity index is 1.23. The molecule has 7 nitrogen and oxygen atoms in total. The zero-order valence-corrected chi connectivity index (χ0v) is 19.3. The van der Waals surface area contributed by atoms with Gasteiger partial charge in [0.25, 0.3) is 5.91 Å². The van der Waals surface area contributed by atoms with E-state index in [4.69, 9.17) is 4.42 Å². The largest absolute Gasteiger partial charge is 0.459 e. The van der Waals surface area contributed by atoms with Crippen LogP contribution in [0.25, 0.3) is 0 Å². The van der Waals surface area contributed by atoms with Crippen LogP contribution in [0.1, 0.15) is 41.4 Å². The Morgan fingerprint density at radius 3 is 2.44 bits per heavy atom. The van der Waals surface area contributed by atoms with Gasteiger partial charge in [0, 0.05) is 52.9 Å². The zero-order valence-electron chi connectivity index (χ0n) is 19.3. The summed E-state index contributed by atoms with van der Waals surface area (Å²) in [4.78, 5) is 23.5. The molecule has 0 radical (unpaired) electrons. The lowest BCUT2D eigenvalue weighted by Crippen LogP contribution is -2.53. The number of guanidine groups is 1. The Hall–Kier alpha value is -2.80. The maximum atomic E-state index is 12.5. The van der Waals surface area contributed by atoms with Crippen molar-refractivity contribution in [2.45, 2.75) is 32.9 Å². The minimum Gasteiger partial charge on any atom is -0.459 e. The van der Waals surface area contributed by atoms with E-state index in [-0.39, 0.29) is 5.91 Å². The number of piperazine rings is 1. The summed E-state index contributed by atoms with van der Waals surface area (Å²) in [6, 6.07) is 12.4. The highest BCUT2D eigenvalue weighted by molar-refractivity contribution is 5.91. The molecule has 172 valence electrons. The molecule has 1 atom stereocenters. The average Bonchev–Trinajstić information content (AvgIpc) is 3.36. The topological polar surface area (TPSA) is 64.3 Å². The molecule has 2 aliphatic rings. The van der Waals surface area contributed by atoms with Gasteiger partial charge < -0.3 is 19.5 Å². The Morgan fingerprint density at radius 2 is 1.78 bits per heavy atom. The smallest absolute Gasteiger partial charge is 0.289 e. The van der Waals surface area contributed by atoms with E-state index < -0.39 is 0 Å². The third-order valence-corrected chi connectivity index (χ3v) is 6.43. The second-order valence-electron chi connectivity index (χ2n) is 8.96. The van der Waals surface area contributed by atoms with Crippen molar-refractivity contribution in [2.75, 3.05) is 46.3 Å². The third-order valence-electron chi connectivity index (χ3n) is 6.43. The molecule has 1 N–H and O–H groups in total. The SMILES string of the molecule is CN=C(NCc1ccc(CN2CCCC(C)C2)cc1)N1CCN(C(=O)c2ccco2)CC1. The predicted molar refractivity (Wildman–Crippen MR) is 127 cm³/mol. The van der Waals surface area contributed by atoms with Crippen molar-refractivity contribution in [3.63, 3.8) is 0 Å². The van der Waals surface area contributed by atoms with Crippen LogP contribution in [0.2, 0.25) is 0 Å². The molecular formula is C25H35N5O2. The molecular weight excluding hydrogens is 402 g/mol. The number of rotatable bonds is 5. The van der Waals surface area contributed by atoms with Crippen LogP contribution in [0.4, 0.5) is 0 Å². The quantitative estimate of drug-likeness (QED) is 0.575. The van der Waals surface area contributed by atoms with Crippen molar-refractivity contribution in [3.8, 4) is 0 Å². The predicted octanol–water partition coefficient (Wildman–Crippen LogP) is 3.04. The maximum Gasteiger partial charge on any atom is 0.289 e. The highest BCUT2D eigenvalue weighted by Gasteiger charge is 2.25. The van der Waals surface area contributed by atoms with Crippen LogP contribution in [-0.4, -0.2) is 72.9 Å². The zero-order chi connectivity index (χ0) is 22.3. The highest BCUT2D eigenvalue weighted by atomic mass is 16.3. The van der Waals surface area contributed by atoms with Gasteiger partial charge in [-0.2, -0.15) is 0 Å². The Labute approximate surface area is 191 Å². The minimum absolute atomic E-state index is 0.0447. The molecule has 3 heterocycles. The molecule has 0 saturated carbocycles. The number of piperidine rings is 1. The van der Waals surface area contributed by atoms with Crippen LogP contribution in [0.15, 0.2) is 52.1 Å². The number of benzene rings is 1. The lowest BCUT2D eigenvalue weighted by Gasteiger charge is -2.36. The molecule has 2 aliphatic heterocycles. The first kappa shape index (κ1) is 22.4. The minimum atomic E-state index is -0.0447. The number of likely N-dealkylation sites (tertiary alicyclic amines) is 1. The number of amides is 1. The molecule has 1 amide bonds. The maximum absolute atomic E-state index is 12.5. The first-order valence-electron chi connectivity index (χ1n) is 11.7. The molecule has 2 saturated heterocycles. The molecule has 0 bridgehead atoms. The Bertz CT molecular complexity index is 886. The summed E-state index contributed by atoms with van der Waals surface area (Å²) in [5.74, 6) is 2.04. The fourth-order valence-electron chi connectivity index (χ4n) is 4.64. The Morgan fingerprint density at radius 1 is 1.06 bits per heavy atom. The van der Waals surface area contributed by atoms with Gasteiger partial charge in [0.1, 0.15) is 0 Å². The van der Waals surface area contributed by atoms with E-state index in [9.17, 15) is 4.79 Å². The van der Waals surface area contributed by atoms with Crippen LogP contribution in [0.3, 0.4) is 0 Å². The van der Waals surface area contributed by atoms with Crippen LogP contribution in [0.5, 0.6) is 0 Å². The fraction of sp³-hybridized carbons (Fsp3) is 0.520.